The van der Waals surface area contributed by atoms with Gasteiger partial charge in [0.05, 0.1) is 24.0 Å². The summed E-state index contributed by atoms with van der Waals surface area (Å²) in [5.41, 5.74) is 5.16. The van der Waals surface area contributed by atoms with Gasteiger partial charge in [-0.2, -0.15) is 0 Å². The number of nitrogens with zero attached hydrogens (tertiary/aromatic N) is 1. The molecule has 2 aliphatic rings. The van der Waals surface area contributed by atoms with Gasteiger partial charge in [0, 0.05) is 41.1 Å². The van der Waals surface area contributed by atoms with E-state index < -0.39 is 22.5 Å². The Bertz CT molecular complexity index is 1670. The smallest absolute Gasteiger partial charge is 0.260 e. The van der Waals surface area contributed by atoms with Gasteiger partial charge in [-0.3, -0.25) is 0 Å². The third-order valence-electron chi connectivity index (χ3n) is 8.07. The average molecular weight is 626 g/mol. The molecule has 2 heterocycles. The van der Waals surface area contributed by atoms with Crippen LogP contribution in [-0.4, -0.2) is 66.0 Å². The minimum Gasteiger partial charge on any atom is -0.493 e. The number of halogens is 1. The number of rotatable bonds is 12. The van der Waals surface area contributed by atoms with E-state index in [1.165, 1.54) is 0 Å². The second-order valence-electron chi connectivity index (χ2n) is 11.3. The normalized spacial score (nSPS) is 18.7. The van der Waals surface area contributed by atoms with Gasteiger partial charge < -0.3 is 24.7 Å². The van der Waals surface area contributed by atoms with Crippen molar-refractivity contribution in [1.82, 2.24) is 14.6 Å². The Hall–Kier alpha value is -3.12. The lowest BCUT2D eigenvalue weighted by molar-refractivity contribution is -0.150. The number of sulfonamides is 1. The van der Waals surface area contributed by atoms with Crippen molar-refractivity contribution >= 4 is 32.5 Å². The summed E-state index contributed by atoms with van der Waals surface area (Å²) >= 11 is 6.34. The Morgan fingerprint density at radius 2 is 1.77 bits per heavy atom. The fourth-order valence-corrected chi connectivity index (χ4v) is 7.14. The lowest BCUT2D eigenvalue weighted by Gasteiger charge is -2.38. The molecule has 0 bridgehead atoms. The van der Waals surface area contributed by atoms with Gasteiger partial charge in [0.15, 0.2) is 0 Å². The Balaban J connectivity index is 1.18. The van der Waals surface area contributed by atoms with Crippen LogP contribution in [0.5, 0.6) is 11.5 Å². The van der Waals surface area contributed by atoms with E-state index in [1.807, 2.05) is 78.6 Å². The highest BCUT2D eigenvalue weighted by Gasteiger charge is 2.37. The standard InChI is InChI=1S/C32H36ClN3O6S/c1-20-2-7-25(8-3-20)42-32(38)36-16-14-27-28-18-22(33)6-13-29(28)35-30(27)31(36)21-4-9-24(10-5-21)41-17-15-23(37)19-34-43(39,40)26-11-12-26/h2-10,13,18,23,26,31-32,34-35,37-38H,11-12,14-17,19H2,1H3. The zero-order valence-electron chi connectivity index (χ0n) is 23.9. The fraction of sp³-hybridized carbons (Fsp3) is 0.375. The topological polar surface area (TPSA) is 124 Å². The summed E-state index contributed by atoms with van der Waals surface area (Å²) < 4.78 is 38.3. The van der Waals surface area contributed by atoms with Crippen molar-refractivity contribution in [3.63, 3.8) is 0 Å². The molecule has 3 atom stereocenters. The third-order valence-corrected chi connectivity index (χ3v) is 10.2. The van der Waals surface area contributed by atoms with Gasteiger partial charge >= 0.3 is 0 Å². The highest BCUT2D eigenvalue weighted by Crippen LogP contribution is 2.40. The average Bonchev–Trinajstić information content (AvgIpc) is 3.80. The first-order valence-electron chi connectivity index (χ1n) is 14.5. The monoisotopic (exact) mass is 625 g/mol. The number of aromatic nitrogens is 1. The summed E-state index contributed by atoms with van der Waals surface area (Å²) in [5, 5.41) is 22.9. The van der Waals surface area contributed by atoms with E-state index in [2.05, 4.69) is 9.71 Å². The van der Waals surface area contributed by atoms with Crippen LogP contribution >= 0.6 is 11.6 Å². The van der Waals surface area contributed by atoms with Gasteiger partial charge in [-0.05, 0) is 79.8 Å². The van der Waals surface area contributed by atoms with Crippen LogP contribution in [0.3, 0.4) is 0 Å². The number of aryl methyl sites for hydroxylation is 1. The summed E-state index contributed by atoms with van der Waals surface area (Å²) in [6, 6.07) is 20.7. The van der Waals surface area contributed by atoms with Gasteiger partial charge in [0.2, 0.25) is 10.0 Å². The maximum absolute atomic E-state index is 12.0. The summed E-state index contributed by atoms with van der Waals surface area (Å²) in [7, 11) is -3.33. The molecule has 0 saturated heterocycles. The van der Waals surface area contributed by atoms with Gasteiger partial charge in [-0.25, -0.2) is 18.0 Å². The number of fused-ring (bicyclic) bond motifs is 3. The molecule has 1 fully saturated rings. The van der Waals surface area contributed by atoms with E-state index in [-0.39, 0.29) is 30.9 Å². The Labute approximate surface area is 256 Å². The highest BCUT2D eigenvalue weighted by atomic mass is 35.5. The minimum absolute atomic E-state index is 0.0241. The lowest BCUT2D eigenvalue weighted by Crippen LogP contribution is -2.46. The van der Waals surface area contributed by atoms with Crippen LogP contribution in [0.15, 0.2) is 66.7 Å². The van der Waals surface area contributed by atoms with Gasteiger partial charge in [-0.15, -0.1) is 0 Å². The van der Waals surface area contributed by atoms with E-state index in [1.54, 1.807) is 0 Å². The van der Waals surface area contributed by atoms with Crippen LogP contribution in [0.1, 0.15) is 47.7 Å². The number of aliphatic hydroxyl groups excluding tert-OH is 2. The number of ether oxygens (including phenoxy) is 2. The number of benzene rings is 3. The van der Waals surface area contributed by atoms with Crippen molar-refractivity contribution in [2.45, 2.75) is 56.4 Å². The number of H-pyrrole nitrogens is 1. The first-order chi connectivity index (χ1) is 20.7. The van der Waals surface area contributed by atoms with Crippen LogP contribution in [-0.2, 0) is 16.4 Å². The van der Waals surface area contributed by atoms with E-state index in [0.717, 1.165) is 33.3 Å². The molecule has 4 aromatic rings. The molecule has 1 aliphatic heterocycles. The molecule has 3 unspecified atom stereocenters. The second kappa shape index (κ2) is 12.5. The van der Waals surface area contributed by atoms with Crippen molar-refractivity contribution in [2.75, 3.05) is 19.7 Å². The Morgan fingerprint density at radius 1 is 1.05 bits per heavy atom. The SMILES string of the molecule is Cc1ccc(OC(O)N2CCc3c([nH]c4ccc(Cl)cc34)C2c2ccc(OCCC(O)CNS(=O)(=O)C3CC3)cc2)cc1. The number of aliphatic hydroxyl groups is 2. The predicted octanol–water partition coefficient (Wildman–Crippen LogP) is 4.64. The van der Waals surface area contributed by atoms with Crippen LogP contribution < -0.4 is 14.2 Å². The highest BCUT2D eigenvalue weighted by molar-refractivity contribution is 7.90. The zero-order chi connectivity index (χ0) is 30.1. The molecule has 4 N–H and O–H groups in total. The van der Waals surface area contributed by atoms with E-state index in [0.29, 0.717) is 42.3 Å². The third kappa shape index (κ3) is 6.85. The van der Waals surface area contributed by atoms with Gasteiger partial charge in [0.25, 0.3) is 6.41 Å². The first-order valence-corrected chi connectivity index (χ1v) is 16.5. The predicted molar refractivity (Wildman–Crippen MR) is 166 cm³/mol. The van der Waals surface area contributed by atoms with E-state index in [4.69, 9.17) is 21.1 Å². The first kappa shape index (κ1) is 29.9. The molecule has 228 valence electrons. The van der Waals surface area contributed by atoms with Gasteiger partial charge in [-0.1, -0.05) is 41.4 Å². The van der Waals surface area contributed by atoms with Crippen LogP contribution in [0.2, 0.25) is 5.02 Å². The number of hydrogen-bond donors (Lipinski definition) is 4. The molecule has 1 aromatic heterocycles. The summed E-state index contributed by atoms with van der Waals surface area (Å²) in [5.74, 6) is 1.20. The molecule has 0 amide bonds. The molecule has 9 nitrogen and oxygen atoms in total. The quantitative estimate of drug-likeness (QED) is 0.169. The summed E-state index contributed by atoms with van der Waals surface area (Å²) in [4.78, 5) is 5.49. The van der Waals surface area contributed by atoms with Crippen molar-refractivity contribution < 1.29 is 28.1 Å². The molecule has 43 heavy (non-hydrogen) atoms. The van der Waals surface area contributed by atoms with Crippen molar-refractivity contribution in [3.05, 3.63) is 94.1 Å². The van der Waals surface area contributed by atoms with Crippen LogP contribution in [0.4, 0.5) is 0 Å². The van der Waals surface area contributed by atoms with E-state index >= 15 is 0 Å². The zero-order valence-corrected chi connectivity index (χ0v) is 25.4. The van der Waals surface area contributed by atoms with Crippen molar-refractivity contribution in [3.8, 4) is 11.5 Å². The molecule has 6 rings (SSSR count). The van der Waals surface area contributed by atoms with Crippen molar-refractivity contribution in [1.29, 1.82) is 0 Å². The fourth-order valence-electron chi connectivity index (χ4n) is 5.55. The van der Waals surface area contributed by atoms with Crippen molar-refractivity contribution in [2.24, 2.45) is 0 Å². The molecular formula is C32H36ClN3O6S. The molecule has 0 radical (unpaired) electrons. The molecule has 1 aliphatic carbocycles. The molecule has 11 heteroatoms. The van der Waals surface area contributed by atoms with Crippen LogP contribution in [0, 0.1) is 6.92 Å². The minimum atomic E-state index is -3.33. The molecule has 3 aromatic carbocycles. The lowest BCUT2D eigenvalue weighted by atomic mass is 9.92. The number of nitrogens with one attached hydrogen (secondary N) is 2. The largest absolute Gasteiger partial charge is 0.493 e. The molecule has 0 spiro atoms. The van der Waals surface area contributed by atoms with Crippen LogP contribution in [0.25, 0.3) is 10.9 Å². The van der Waals surface area contributed by atoms with E-state index in [9.17, 15) is 18.6 Å². The second-order valence-corrected chi connectivity index (χ2v) is 13.8. The molecule has 1 saturated carbocycles. The number of hydrogen-bond acceptors (Lipinski definition) is 7. The Morgan fingerprint density at radius 3 is 2.49 bits per heavy atom. The maximum atomic E-state index is 12.0. The summed E-state index contributed by atoms with van der Waals surface area (Å²) in [6.45, 7) is 2.77. The number of aromatic amines is 1. The summed E-state index contributed by atoms with van der Waals surface area (Å²) in [6.07, 6.45) is 0.323. The molecular weight excluding hydrogens is 590 g/mol. The Kier molecular flexibility index (Phi) is 8.68. The maximum Gasteiger partial charge on any atom is 0.260 e. The van der Waals surface area contributed by atoms with Gasteiger partial charge in [0.1, 0.15) is 11.5 Å².